The molecule has 1 saturated heterocycles. The molecule has 1 aliphatic heterocycles. The highest BCUT2D eigenvalue weighted by Crippen LogP contribution is 2.28. The molecule has 0 bridgehead atoms. The number of aromatic amines is 1. The Hall–Kier alpha value is -3.35. The molecular formula is C21H20FN3O3. The van der Waals surface area contributed by atoms with E-state index in [1.807, 2.05) is 24.3 Å². The second-order valence-corrected chi connectivity index (χ2v) is 6.95. The van der Waals surface area contributed by atoms with Crippen molar-refractivity contribution in [1.82, 2.24) is 4.98 Å². The predicted octanol–water partition coefficient (Wildman–Crippen LogP) is 4.06. The maximum absolute atomic E-state index is 13.5. The van der Waals surface area contributed by atoms with Crippen molar-refractivity contribution < 1.29 is 19.4 Å². The Morgan fingerprint density at radius 1 is 1.18 bits per heavy atom. The molecule has 0 aliphatic carbocycles. The zero-order valence-corrected chi connectivity index (χ0v) is 15.1. The van der Waals surface area contributed by atoms with Crippen molar-refractivity contribution in [2.24, 2.45) is 10.9 Å². The molecule has 6 nitrogen and oxygen atoms in total. The largest absolute Gasteiger partial charge is 0.494 e. The number of carboxylic acid groups (broad SMARTS) is 1. The predicted molar refractivity (Wildman–Crippen MR) is 106 cm³/mol. The molecule has 4 rings (SSSR count). The summed E-state index contributed by atoms with van der Waals surface area (Å²) in [4.78, 5) is 20.4. The van der Waals surface area contributed by atoms with Crippen LogP contribution >= 0.6 is 0 Å². The van der Waals surface area contributed by atoms with Crippen molar-refractivity contribution in [3.63, 3.8) is 0 Å². The van der Waals surface area contributed by atoms with Crippen LogP contribution in [0.5, 0.6) is 5.88 Å². The topological polar surface area (TPSA) is 88.9 Å². The minimum absolute atomic E-state index is 0.0535. The average Bonchev–Trinajstić information content (AvgIpc) is 3.01. The zero-order valence-electron chi connectivity index (χ0n) is 15.1. The lowest BCUT2D eigenvalue weighted by Gasteiger charge is -2.31. The molecule has 1 aliphatic rings. The standard InChI is InChI=1S/C21H20FN3O3/c22-14-1-6-19-17(11-14)18(20(26)24-19)12-23-15-2-4-16(5-3-15)25-9-7-13(8-10-25)21(27)28/h1-6,11-13,24,26H,7-10H2,(H,27,28). The number of anilines is 1. The van der Waals surface area contributed by atoms with Crippen LogP contribution in [0.25, 0.3) is 10.9 Å². The fraction of sp³-hybridized carbons (Fsp3) is 0.238. The van der Waals surface area contributed by atoms with Gasteiger partial charge in [-0.05, 0) is 55.3 Å². The third-order valence-electron chi connectivity index (χ3n) is 5.18. The number of rotatable bonds is 4. The molecule has 28 heavy (non-hydrogen) atoms. The number of carboxylic acids is 1. The molecule has 0 amide bonds. The summed E-state index contributed by atoms with van der Waals surface area (Å²) in [6.45, 7) is 1.43. The second-order valence-electron chi connectivity index (χ2n) is 6.95. The number of carbonyl (C=O) groups is 1. The van der Waals surface area contributed by atoms with Crippen molar-refractivity contribution in [3.8, 4) is 5.88 Å². The van der Waals surface area contributed by atoms with Crippen LogP contribution in [-0.4, -0.2) is 40.5 Å². The summed E-state index contributed by atoms with van der Waals surface area (Å²) in [6.07, 6.45) is 2.80. The Morgan fingerprint density at radius 2 is 1.89 bits per heavy atom. The van der Waals surface area contributed by atoms with Crippen LogP contribution in [0, 0.1) is 11.7 Å². The summed E-state index contributed by atoms with van der Waals surface area (Å²) in [6, 6.07) is 11.9. The lowest BCUT2D eigenvalue weighted by atomic mass is 9.97. The van der Waals surface area contributed by atoms with Gasteiger partial charge in [0.05, 0.1) is 17.2 Å². The normalized spacial score (nSPS) is 15.5. The van der Waals surface area contributed by atoms with Gasteiger partial charge in [0.25, 0.3) is 0 Å². The van der Waals surface area contributed by atoms with Crippen molar-refractivity contribution in [2.75, 3.05) is 18.0 Å². The first-order chi connectivity index (χ1) is 13.5. The molecule has 0 spiro atoms. The SMILES string of the molecule is O=C(O)C1CCN(c2ccc(N=Cc3c(O)[nH]c4ccc(F)cc34)cc2)CC1. The number of piperidine rings is 1. The lowest BCUT2D eigenvalue weighted by molar-refractivity contribution is -0.142. The van der Waals surface area contributed by atoms with Crippen LogP contribution in [0.1, 0.15) is 18.4 Å². The van der Waals surface area contributed by atoms with E-state index in [9.17, 15) is 14.3 Å². The molecular weight excluding hydrogens is 361 g/mol. The van der Waals surface area contributed by atoms with Gasteiger partial charge in [0.15, 0.2) is 5.88 Å². The fourth-order valence-electron chi connectivity index (χ4n) is 3.57. The zero-order chi connectivity index (χ0) is 19.7. The molecule has 2 heterocycles. The third-order valence-corrected chi connectivity index (χ3v) is 5.18. The molecule has 2 aromatic carbocycles. The van der Waals surface area contributed by atoms with Crippen LogP contribution in [0.4, 0.5) is 15.8 Å². The number of H-pyrrole nitrogens is 1. The van der Waals surface area contributed by atoms with Crippen LogP contribution in [-0.2, 0) is 4.79 Å². The summed E-state index contributed by atoms with van der Waals surface area (Å²) in [7, 11) is 0. The van der Waals surface area contributed by atoms with E-state index in [0.29, 0.717) is 48.1 Å². The Kier molecular flexibility index (Phi) is 4.73. The molecule has 3 N–H and O–H groups in total. The Labute approximate surface area is 160 Å². The summed E-state index contributed by atoms with van der Waals surface area (Å²) < 4.78 is 13.5. The smallest absolute Gasteiger partial charge is 0.306 e. The molecule has 1 aromatic heterocycles. The maximum Gasteiger partial charge on any atom is 0.306 e. The van der Waals surface area contributed by atoms with E-state index in [1.165, 1.54) is 18.3 Å². The van der Waals surface area contributed by atoms with E-state index >= 15 is 0 Å². The minimum Gasteiger partial charge on any atom is -0.494 e. The molecule has 7 heteroatoms. The monoisotopic (exact) mass is 381 g/mol. The van der Waals surface area contributed by atoms with Gasteiger partial charge in [0, 0.05) is 35.9 Å². The van der Waals surface area contributed by atoms with Gasteiger partial charge in [0.1, 0.15) is 5.82 Å². The Balaban J connectivity index is 1.49. The quantitative estimate of drug-likeness (QED) is 0.595. The number of aliphatic imine (C=N–C) groups is 1. The number of nitrogens with one attached hydrogen (secondary N) is 1. The van der Waals surface area contributed by atoms with E-state index in [-0.39, 0.29) is 17.6 Å². The number of halogens is 1. The molecule has 144 valence electrons. The Morgan fingerprint density at radius 3 is 2.57 bits per heavy atom. The van der Waals surface area contributed by atoms with E-state index in [4.69, 9.17) is 5.11 Å². The lowest BCUT2D eigenvalue weighted by Crippen LogP contribution is -2.36. The van der Waals surface area contributed by atoms with Gasteiger partial charge in [-0.3, -0.25) is 9.79 Å². The first kappa shape index (κ1) is 18.0. The number of aliphatic carboxylic acids is 1. The van der Waals surface area contributed by atoms with Gasteiger partial charge in [-0.2, -0.15) is 0 Å². The van der Waals surface area contributed by atoms with E-state index in [1.54, 1.807) is 6.07 Å². The van der Waals surface area contributed by atoms with Gasteiger partial charge in [0.2, 0.25) is 0 Å². The van der Waals surface area contributed by atoms with Gasteiger partial charge in [-0.25, -0.2) is 4.39 Å². The summed E-state index contributed by atoms with van der Waals surface area (Å²) in [5.41, 5.74) is 2.81. The number of benzene rings is 2. The van der Waals surface area contributed by atoms with Crippen molar-refractivity contribution in [2.45, 2.75) is 12.8 Å². The third kappa shape index (κ3) is 3.55. The first-order valence-corrected chi connectivity index (χ1v) is 9.13. The molecule has 3 aromatic rings. The van der Waals surface area contributed by atoms with E-state index < -0.39 is 5.97 Å². The second kappa shape index (κ2) is 7.34. The van der Waals surface area contributed by atoms with Crippen LogP contribution in [0.2, 0.25) is 0 Å². The number of fused-ring (bicyclic) bond motifs is 1. The van der Waals surface area contributed by atoms with Crippen molar-refractivity contribution in [1.29, 1.82) is 0 Å². The fourth-order valence-corrected chi connectivity index (χ4v) is 3.57. The number of hydrogen-bond donors (Lipinski definition) is 3. The van der Waals surface area contributed by atoms with Gasteiger partial charge < -0.3 is 20.1 Å². The van der Waals surface area contributed by atoms with Crippen LogP contribution in [0.3, 0.4) is 0 Å². The molecule has 0 saturated carbocycles. The molecule has 0 unspecified atom stereocenters. The molecule has 0 radical (unpaired) electrons. The van der Waals surface area contributed by atoms with Crippen LogP contribution < -0.4 is 4.90 Å². The average molecular weight is 381 g/mol. The highest BCUT2D eigenvalue weighted by Gasteiger charge is 2.24. The van der Waals surface area contributed by atoms with E-state index in [0.717, 1.165) is 5.69 Å². The van der Waals surface area contributed by atoms with Crippen molar-refractivity contribution in [3.05, 3.63) is 53.8 Å². The van der Waals surface area contributed by atoms with Crippen molar-refractivity contribution >= 4 is 34.5 Å². The highest BCUT2D eigenvalue weighted by molar-refractivity contribution is 6.02. The first-order valence-electron chi connectivity index (χ1n) is 9.13. The molecule has 1 fully saturated rings. The Bertz CT molecular complexity index is 1030. The highest BCUT2D eigenvalue weighted by atomic mass is 19.1. The minimum atomic E-state index is -0.718. The maximum atomic E-state index is 13.5. The van der Waals surface area contributed by atoms with E-state index in [2.05, 4.69) is 14.9 Å². The van der Waals surface area contributed by atoms with Gasteiger partial charge in [-0.1, -0.05) is 0 Å². The molecule has 0 atom stereocenters. The number of nitrogens with zero attached hydrogens (tertiary/aromatic N) is 2. The van der Waals surface area contributed by atoms with Gasteiger partial charge >= 0.3 is 5.97 Å². The number of hydrogen-bond acceptors (Lipinski definition) is 4. The van der Waals surface area contributed by atoms with Gasteiger partial charge in [-0.15, -0.1) is 0 Å². The number of aromatic hydroxyl groups is 1. The number of aromatic nitrogens is 1. The van der Waals surface area contributed by atoms with Crippen LogP contribution in [0.15, 0.2) is 47.5 Å². The summed E-state index contributed by atoms with van der Waals surface area (Å²) >= 11 is 0. The summed E-state index contributed by atoms with van der Waals surface area (Å²) in [5, 5.41) is 19.7. The summed E-state index contributed by atoms with van der Waals surface area (Å²) in [5.74, 6) is -1.40.